The number of thiophene rings is 1. The number of fused-ring (bicyclic) bond motifs is 1. The van der Waals surface area contributed by atoms with E-state index in [0.717, 1.165) is 28.5 Å². The van der Waals surface area contributed by atoms with Crippen molar-refractivity contribution in [2.45, 2.75) is 18.6 Å². The first-order valence-corrected chi connectivity index (χ1v) is 11.3. The largest absolute Gasteiger partial charge is 0.336 e. The molecule has 3 amide bonds. The summed E-state index contributed by atoms with van der Waals surface area (Å²) in [6.45, 7) is 6.86. The van der Waals surface area contributed by atoms with Crippen LogP contribution in [0.5, 0.6) is 0 Å². The molecular formula is C21H20N4O3S2. The summed E-state index contributed by atoms with van der Waals surface area (Å²) in [7, 11) is 0. The minimum Gasteiger partial charge on any atom is -0.336 e. The third kappa shape index (κ3) is 3.78. The van der Waals surface area contributed by atoms with Gasteiger partial charge in [0.1, 0.15) is 4.83 Å². The molecule has 1 aromatic carbocycles. The molecule has 0 aliphatic carbocycles. The van der Waals surface area contributed by atoms with Crippen molar-refractivity contribution in [2.75, 3.05) is 18.8 Å². The van der Waals surface area contributed by atoms with Crippen LogP contribution in [0.2, 0.25) is 0 Å². The quantitative estimate of drug-likeness (QED) is 0.361. The molecule has 3 heterocycles. The third-order valence-corrected chi connectivity index (χ3v) is 6.65. The molecule has 3 aromatic rings. The second-order valence-electron chi connectivity index (χ2n) is 6.86. The summed E-state index contributed by atoms with van der Waals surface area (Å²) >= 11 is 2.56. The number of carbonyl (C=O) groups excluding carboxylic acids is 2. The number of aromatic nitrogens is 2. The van der Waals surface area contributed by atoms with E-state index in [-0.39, 0.29) is 29.8 Å². The van der Waals surface area contributed by atoms with Gasteiger partial charge in [0, 0.05) is 30.6 Å². The molecule has 0 spiro atoms. The molecule has 7 nitrogen and oxygen atoms in total. The van der Waals surface area contributed by atoms with Gasteiger partial charge in [-0.15, -0.1) is 17.9 Å². The van der Waals surface area contributed by atoms with Gasteiger partial charge < -0.3 is 5.32 Å². The molecule has 0 saturated carbocycles. The number of nitrogens with one attached hydrogen (secondary N) is 1. The molecule has 0 unspecified atom stereocenters. The molecule has 0 bridgehead atoms. The van der Waals surface area contributed by atoms with Crippen LogP contribution < -0.4 is 10.9 Å². The molecule has 9 heteroatoms. The summed E-state index contributed by atoms with van der Waals surface area (Å²) in [5.41, 5.74) is 2.80. The summed E-state index contributed by atoms with van der Waals surface area (Å²) in [5.74, 6) is -0.278. The van der Waals surface area contributed by atoms with E-state index in [2.05, 4.69) is 16.9 Å². The number of allylic oxidation sites excluding steroid dienone is 1. The molecule has 1 aliphatic heterocycles. The number of nitrogens with zero attached hydrogens (tertiary/aromatic N) is 3. The Balaban J connectivity index is 1.70. The summed E-state index contributed by atoms with van der Waals surface area (Å²) in [5, 5.41) is 5.56. The van der Waals surface area contributed by atoms with Crippen LogP contribution in [0, 0.1) is 6.92 Å². The van der Waals surface area contributed by atoms with Crippen molar-refractivity contribution in [3.8, 4) is 11.1 Å². The average molecular weight is 441 g/mol. The maximum atomic E-state index is 13.3. The zero-order valence-corrected chi connectivity index (χ0v) is 18.0. The highest BCUT2D eigenvalue weighted by molar-refractivity contribution is 7.99. The number of rotatable bonds is 6. The maximum absolute atomic E-state index is 13.3. The van der Waals surface area contributed by atoms with Gasteiger partial charge in [-0.2, -0.15) is 0 Å². The normalized spacial score (nSPS) is 13.6. The fourth-order valence-corrected chi connectivity index (χ4v) is 5.14. The zero-order valence-electron chi connectivity index (χ0n) is 16.4. The Morgan fingerprint density at radius 2 is 2.10 bits per heavy atom. The number of urea groups is 1. The summed E-state index contributed by atoms with van der Waals surface area (Å²) in [4.78, 5) is 43.9. The van der Waals surface area contributed by atoms with Gasteiger partial charge in [0.05, 0.1) is 11.1 Å². The van der Waals surface area contributed by atoms with E-state index >= 15 is 0 Å². The Morgan fingerprint density at radius 3 is 2.77 bits per heavy atom. The molecule has 0 atom stereocenters. The van der Waals surface area contributed by atoms with Gasteiger partial charge in [-0.05, 0) is 12.5 Å². The van der Waals surface area contributed by atoms with Crippen LogP contribution in [-0.2, 0) is 11.3 Å². The molecule has 1 aliphatic rings. The predicted molar refractivity (Wildman–Crippen MR) is 120 cm³/mol. The molecular weight excluding hydrogens is 420 g/mol. The van der Waals surface area contributed by atoms with Crippen LogP contribution in [-0.4, -0.2) is 45.2 Å². The van der Waals surface area contributed by atoms with E-state index in [1.165, 1.54) is 20.8 Å². The van der Waals surface area contributed by atoms with Crippen LogP contribution in [0.4, 0.5) is 4.79 Å². The number of carbonyl (C=O) groups is 2. The first kappa shape index (κ1) is 20.4. The summed E-state index contributed by atoms with van der Waals surface area (Å²) in [6.07, 6.45) is 1.63. The average Bonchev–Trinajstić information content (AvgIpc) is 3.35. The molecule has 154 valence electrons. The van der Waals surface area contributed by atoms with E-state index in [4.69, 9.17) is 0 Å². The molecule has 1 saturated heterocycles. The Bertz CT molecular complexity index is 1200. The van der Waals surface area contributed by atoms with Gasteiger partial charge in [0.15, 0.2) is 5.16 Å². The highest BCUT2D eigenvalue weighted by Gasteiger charge is 2.26. The fraction of sp³-hybridized carbons (Fsp3) is 0.238. The highest BCUT2D eigenvalue weighted by Crippen LogP contribution is 2.32. The Morgan fingerprint density at radius 1 is 1.33 bits per heavy atom. The van der Waals surface area contributed by atoms with Crippen molar-refractivity contribution in [2.24, 2.45) is 0 Å². The molecule has 30 heavy (non-hydrogen) atoms. The lowest BCUT2D eigenvalue weighted by Gasteiger charge is -2.13. The van der Waals surface area contributed by atoms with Gasteiger partial charge in [-0.1, -0.05) is 47.7 Å². The van der Waals surface area contributed by atoms with E-state index < -0.39 is 0 Å². The molecule has 4 rings (SSSR count). The predicted octanol–water partition coefficient (Wildman–Crippen LogP) is 3.26. The molecule has 1 N–H and O–H groups in total. The summed E-state index contributed by atoms with van der Waals surface area (Å²) in [6, 6.07) is 7.64. The lowest BCUT2D eigenvalue weighted by molar-refractivity contribution is -0.124. The lowest BCUT2D eigenvalue weighted by Crippen LogP contribution is -2.35. The number of hydrogen-bond donors (Lipinski definition) is 1. The van der Waals surface area contributed by atoms with Crippen molar-refractivity contribution < 1.29 is 9.59 Å². The fourth-order valence-electron chi connectivity index (χ4n) is 3.27. The molecule has 0 radical (unpaired) electrons. The van der Waals surface area contributed by atoms with Crippen LogP contribution in [0.15, 0.2) is 52.3 Å². The number of thioether (sulfide) groups is 1. The highest BCUT2D eigenvalue weighted by atomic mass is 32.2. The van der Waals surface area contributed by atoms with Crippen LogP contribution >= 0.6 is 23.1 Å². The van der Waals surface area contributed by atoms with Crippen LogP contribution in [0.25, 0.3) is 21.3 Å². The van der Waals surface area contributed by atoms with E-state index in [9.17, 15) is 14.4 Å². The third-order valence-electron chi connectivity index (χ3n) is 4.82. The topological polar surface area (TPSA) is 84.3 Å². The SMILES string of the molecule is C=CCn1c(SCC(=O)N2CCNC2=O)nc2scc(-c3ccc(C)cc3)c2c1=O. The van der Waals surface area contributed by atoms with Gasteiger partial charge in [0.2, 0.25) is 5.91 Å². The number of imide groups is 1. The molecule has 2 aromatic heterocycles. The Labute approximate surface area is 181 Å². The number of aryl methyl sites for hydroxylation is 1. The number of benzene rings is 1. The van der Waals surface area contributed by atoms with E-state index in [1.54, 1.807) is 6.08 Å². The maximum Gasteiger partial charge on any atom is 0.324 e. The Kier molecular flexibility index (Phi) is 5.74. The van der Waals surface area contributed by atoms with Crippen molar-refractivity contribution in [1.82, 2.24) is 19.8 Å². The number of hydrogen-bond acceptors (Lipinski definition) is 6. The summed E-state index contributed by atoms with van der Waals surface area (Å²) < 4.78 is 1.53. The van der Waals surface area contributed by atoms with Crippen LogP contribution in [0.1, 0.15) is 5.56 Å². The van der Waals surface area contributed by atoms with Gasteiger partial charge in [0.25, 0.3) is 5.56 Å². The van der Waals surface area contributed by atoms with Gasteiger partial charge >= 0.3 is 6.03 Å². The zero-order chi connectivity index (χ0) is 21.3. The first-order chi connectivity index (χ1) is 14.5. The lowest BCUT2D eigenvalue weighted by atomic mass is 10.1. The van der Waals surface area contributed by atoms with E-state index in [1.807, 2.05) is 36.6 Å². The minimum atomic E-state index is -0.381. The van der Waals surface area contributed by atoms with Gasteiger partial charge in [-0.25, -0.2) is 9.78 Å². The van der Waals surface area contributed by atoms with Crippen molar-refractivity contribution in [1.29, 1.82) is 0 Å². The molecule has 1 fully saturated rings. The second kappa shape index (κ2) is 8.45. The van der Waals surface area contributed by atoms with Gasteiger partial charge in [-0.3, -0.25) is 19.1 Å². The van der Waals surface area contributed by atoms with Crippen molar-refractivity contribution >= 4 is 45.3 Å². The van der Waals surface area contributed by atoms with Crippen LogP contribution in [0.3, 0.4) is 0 Å². The second-order valence-corrected chi connectivity index (χ2v) is 8.66. The monoisotopic (exact) mass is 440 g/mol. The minimum absolute atomic E-state index is 0.0265. The van der Waals surface area contributed by atoms with E-state index in [0.29, 0.717) is 28.5 Å². The van der Waals surface area contributed by atoms with Crippen molar-refractivity contribution in [3.05, 3.63) is 58.2 Å². The van der Waals surface area contributed by atoms with Crippen molar-refractivity contribution in [3.63, 3.8) is 0 Å². The first-order valence-electron chi connectivity index (χ1n) is 9.40. The Hall–Kier alpha value is -2.91. The smallest absolute Gasteiger partial charge is 0.324 e. The standard InChI is InChI=1S/C21H20N4O3S2/c1-3-9-25-19(27)17-15(14-6-4-13(2)5-7-14)11-29-18(17)23-21(25)30-12-16(26)24-10-8-22-20(24)28/h3-7,11H,1,8-10,12H2,2H3,(H,22,28). The number of amides is 3.